The number of pyridine rings is 1. The minimum atomic E-state index is 0.338. The molecule has 2 N–H and O–H groups in total. The molecular formula is C17H20N4. The summed E-state index contributed by atoms with van der Waals surface area (Å²) in [4.78, 5) is 6.90. The van der Waals surface area contributed by atoms with Crippen LogP contribution in [0.15, 0.2) is 42.6 Å². The van der Waals surface area contributed by atoms with E-state index in [9.17, 15) is 0 Å². The molecule has 2 aromatic rings. The number of benzene rings is 1. The number of para-hydroxylation sites is 1. The van der Waals surface area contributed by atoms with E-state index in [0.29, 0.717) is 6.04 Å². The Hall–Kier alpha value is -1.91. The minimum Gasteiger partial charge on any atom is -0.326 e. The van der Waals surface area contributed by atoms with Crippen molar-refractivity contribution in [3.05, 3.63) is 53.7 Å². The first kappa shape index (κ1) is 12.8. The third-order valence-electron chi connectivity index (χ3n) is 4.61. The van der Waals surface area contributed by atoms with Crippen molar-refractivity contribution < 1.29 is 0 Å². The minimum absolute atomic E-state index is 0.338. The number of aromatic nitrogens is 1. The molecule has 1 saturated heterocycles. The lowest BCUT2D eigenvalue weighted by atomic mass is 10.1. The Bertz CT molecular complexity index is 655. The van der Waals surface area contributed by atoms with E-state index in [1.807, 2.05) is 11.2 Å². The summed E-state index contributed by atoms with van der Waals surface area (Å²) < 4.78 is 0. The fourth-order valence-electron chi connectivity index (χ4n) is 3.51. The van der Waals surface area contributed by atoms with Crippen molar-refractivity contribution >= 4 is 11.5 Å². The van der Waals surface area contributed by atoms with Gasteiger partial charge in [-0.25, -0.2) is 9.99 Å². The van der Waals surface area contributed by atoms with E-state index in [1.54, 1.807) is 0 Å². The Balaban J connectivity index is 1.68. The van der Waals surface area contributed by atoms with Gasteiger partial charge in [0.15, 0.2) is 0 Å². The van der Waals surface area contributed by atoms with Crippen LogP contribution in [-0.2, 0) is 6.42 Å². The number of hydrogen-bond acceptors (Lipinski definition) is 4. The van der Waals surface area contributed by atoms with Crippen LogP contribution in [-0.4, -0.2) is 23.1 Å². The van der Waals surface area contributed by atoms with Gasteiger partial charge in [-0.05, 0) is 48.6 Å². The molecule has 1 fully saturated rings. The molecule has 4 nitrogen and oxygen atoms in total. The first-order valence-corrected chi connectivity index (χ1v) is 7.66. The van der Waals surface area contributed by atoms with Gasteiger partial charge in [0.1, 0.15) is 5.82 Å². The van der Waals surface area contributed by atoms with Crippen LogP contribution < -0.4 is 10.7 Å². The molecule has 0 radical (unpaired) electrons. The van der Waals surface area contributed by atoms with Gasteiger partial charge in [0.25, 0.3) is 0 Å². The van der Waals surface area contributed by atoms with Crippen molar-refractivity contribution in [2.75, 3.05) is 18.0 Å². The second-order valence-electron chi connectivity index (χ2n) is 5.87. The maximum atomic E-state index is 6.09. The Morgan fingerprint density at radius 2 is 2.05 bits per heavy atom. The Morgan fingerprint density at radius 1 is 1.14 bits per heavy atom. The lowest BCUT2D eigenvalue weighted by molar-refractivity contribution is 0.266. The highest BCUT2D eigenvalue weighted by Crippen LogP contribution is 2.35. The predicted octanol–water partition coefficient (Wildman–Crippen LogP) is 2.79. The molecule has 21 heavy (non-hydrogen) atoms. The molecule has 0 aliphatic carbocycles. The molecule has 0 amide bonds. The maximum absolute atomic E-state index is 6.09. The lowest BCUT2D eigenvalue weighted by Gasteiger charge is -2.22. The van der Waals surface area contributed by atoms with E-state index >= 15 is 0 Å². The molecule has 3 heterocycles. The zero-order chi connectivity index (χ0) is 14.2. The van der Waals surface area contributed by atoms with Gasteiger partial charge in [-0.15, -0.1) is 0 Å². The largest absolute Gasteiger partial charge is 0.326 e. The highest BCUT2D eigenvalue weighted by molar-refractivity contribution is 5.67. The monoisotopic (exact) mass is 280 g/mol. The highest BCUT2D eigenvalue weighted by atomic mass is 15.4. The summed E-state index contributed by atoms with van der Waals surface area (Å²) in [6.45, 7) is 1.99. The number of fused-ring (bicyclic) bond motifs is 1. The van der Waals surface area contributed by atoms with Crippen molar-refractivity contribution in [1.29, 1.82) is 0 Å². The van der Waals surface area contributed by atoms with Crippen molar-refractivity contribution in [1.82, 2.24) is 9.99 Å². The molecule has 1 aromatic carbocycles. The quantitative estimate of drug-likeness (QED) is 0.859. The molecule has 4 heteroatoms. The number of hydrogen-bond donors (Lipinski definition) is 1. The number of nitrogens with zero attached hydrogens (tertiary/aromatic N) is 3. The van der Waals surface area contributed by atoms with Crippen LogP contribution >= 0.6 is 0 Å². The fraction of sp³-hybridized carbons (Fsp3) is 0.353. The molecule has 2 aliphatic rings. The van der Waals surface area contributed by atoms with Gasteiger partial charge in [-0.2, -0.15) is 0 Å². The zero-order valence-corrected chi connectivity index (χ0v) is 12.1. The normalized spacial score (nSPS) is 21.8. The molecular weight excluding hydrogens is 260 g/mol. The van der Waals surface area contributed by atoms with Crippen LogP contribution in [0.5, 0.6) is 0 Å². The molecule has 1 aromatic heterocycles. The van der Waals surface area contributed by atoms with Crippen molar-refractivity contribution in [3.8, 4) is 0 Å². The van der Waals surface area contributed by atoms with Crippen LogP contribution in [0, 0.1) is 0 Å². The second-order valence-corrected chi connectivity index (χ2v) is 5.87. The van der Waals surface area contributed by atoms with Crippen molar-refractivity contribution in [2.45, 2.75) is 25.3 Å². The molecule has 2 aliphatic heterocycles. The molecule has 1 atom stereocenters. The topological polar surface area (TPSA) is 45.4 Å². The van der Waals surface area contributed by atoms with Gasteiger partial charge < -0.3 is 4.90 Å². The van der Waals surface area contributed by atoms with E-state index in [1.165, 1.54) is 23.2 Å². The lowest BCUT2D eigenvalue weighted by Crippen LogP contribution is -2.30. The first-order valence-electron chi connectivity index (χ1n) is 7.66. The van der Waals surface area contributed by atoms with E-state index in [2.05, 4.69) is 46.3 Å². The highest BCUT2D eigenvalue weighted by Gasteiger charge is 2.25. The van der Waals surface area contributed by atoms with Crippen LogP contribution in [0.4, 0.5) is 11.5 Å². The average Bonchev–Trinajstić information content (AvgIpc) is 3.13. The van der Waals surface area contributed by atoms with Crippen LogP contribution in [0.3, 0.4) is 0 Å². The van der Waals surface area contributed by atoms with Gasteiger partial charge in [-0.3, -0.25) is 5.84 Å². The number of nitrogens with two attached hydrogens (primary N) is 1. The standard InChI is InChI=1S/C17H20N4/c18-21-10-3-6-16(21)14-7-9-19-17(12-14)20-11-8-13-4-1-2-5-15(13)20/h1-2,4-5,7,9,12,16H,3,6,8,10-11,18H2/t16-/m0/s1. The second kappa shape index (κ2) is 5.13. The van der Waals surface area contributed by atoms with Gasteiger partial charge in [0, 0.05) is 31.0 Å². The first-order chi connectivity index (χ1) is 10.3. The molecule has 0 spiro atoms. The van der Waals surface area contributed by atoms with Crippen LogP contribution in [0.2, 0.25) is 0 Å². The summed E-state index contributed by atoms with van der Waals surface area (Å²) >= 11 is 0. The summed E-state index contributed by atoms with van der Waals surface area (Å²) in [5.41, 5.74) is 3.98. The Kier molecular flexibility index (Phi) is 3.13. The van der Waals surface area contributed by atoms with E-state index < -0.39 is 0 Å². The maximum Gasteiger partial charge on any atom is 0.133 e. The van der Waals surface area contributed by atoms with E-state index in [4.69, 9.17) is 5.84 Å². The number of rotatable bonds is 2. The molecule has 0 bridgehead atoms. The predicted molar refractivity (Wildman–Crippen MR) is 84.3 cm³/mol. The smallest absolute Gasteiger partial charge is 0.133 e. The Labute approximate surface area is 125 Å². The summed E-state index contributed by atoms with van der Waals surface area (Å²) in [6.07, 6.45) is 5.31. The van der Waals surface area contributed by atoms with Gasteiger partial charge >= 0.3 is 0 Å². The molecule has 0 saturated carbocycles. The van der Waals surface area contributed by atoms with Gasteiger partial charge in [0.05, 0.1) is 0 Å². The molecule has 0 unspecified atom stereocenters. The summed E-state index contributed by atoms with van der Waals surface area (Å²) in [6, 6.07) is 13.2. The van der Waals surface area contributed by atoms with Crippen molar-refractivity contribution in [2.24, 2.45) is 5.84 Å². The van der Waals surface area contributed by atoms with Crippen LogP contribution in [0.1, 0.15) is 30.0 Å². The summed E-state index contributed by atoms with van der Waals surface area (Å²) in [7, 11) is 0. The molecule has 108 valence electrons. The van der Waals surface area contributed by atoms with Crippen molar-refractivity contribution in [3.63, 3.8) is 0 Å². The third kappa shape index (κ3) is 2.20. The summed E-state index contributed by atoms with van der Waals surface area (Å²) in [5, 5.41) is 1.96. The van der Waals surface area contributed by atoms with Gasteiger partial charge in [0.2, 0.25) is 0 Å². The number of hydrazine groups is 1. The Morgan fingerprint density at radius 3 is 2.90 bits per heavy atom. The van der Waals surface area contributed by atoms with E-state index in [-0.39, 0.29) is 0 Å². The number of anilines is 2. The SMILES string of the molecule is NN1CCC[C@H]1c1ccnc(N2CCc3ccccc32)c1. The van der Waals surface area contributed by atoms with Gasteiger partial charge in [-0.1, -0.05) is 18.2 Å². The molecule has 4 rings (SSSR count). The summed E-state index contributed by atoms with van der Waals surface area (Å²) in [5.74, 6) is 7.13. The zero-order valence-electron chi connectivity index (χ0n) is 12.1. The fourth-order valence-corrected chi connectivity index (χ4v) is 3.51. The third-order valence-corrected chi connectivity index (χ3v) is 4.61. The van der Waals surface area contributed by atoms with Crippen LogP contribution in [0.25, 0.3) is 0 Å². The average molecular weight is 280 g/mol. The van der Waals surface area contributed by atoms with E-state index in [0.717, 1.165) is 31.7 Å².